The van der Waals surface area contributed by atoms with Crippen molar-refractivity contribution >= 4 is 40.5 Å². The van der Waals surface area contributed by atoms with Gasteiger partial charge in [-0.15, -0.1) is 0 Å². The van der Waals surface area contributed by atoms with E-state index in [9.17, 15) is 24.0 Å². The molecule has 0 aliphatic heterocycles. The number of amides is 4. The van der Waals surface area contributed by atoms with Crippen LogP contribution in [0.15, 0.2) is 60.8 Å². The average molecular weight is 523 g/mol. The van der Waals surface area contributed by atoms with Crippen LogP contribution in [0.2, 0.25) is 0 Å². The summed E-state index contributed by atoms with van der Waals surface area (Å²) in [5, 5.41) is 17.3. The Bertz CT molecular complexity index is 1310. The minimum Gasteiger partial charge on any atom is -0.480 e. The molecule has 0 saturated heterocycles. The zero-order valence-electron chi connectivity index (χ0n) is 20.5. The molecule has 3 atom stereocenters. The number of hydrogen-bond acceptors (Lipinski definition) is 6. The number of benzene rings is 2. The fraction of sp³-hybridized carbons (Fsp3) is 0.269. The van der Waals surface area contributed by atoms with E-state index >= 15 is 0 Å². The number of aromatic nitrogens is 1. The predicted octanol–water partition coefficient (Wildman–Crippen LogP) is -0.674. The minimum absolute atomic E-state index is 0.0500. The first-order valence-electron chi connectivity index (χ1n) is 11.9. The third kappa shape index (κ3) is 7.90. The maximum Gasteiger partial charge on any atom is 0.322 e. The highest BCUT2D eigenvalue weighted by Crippen LogP contribution is 2.19. The molecule has 3 aromatic rings. The van der Waals surface area contributed by atoms with Gasteiger partial charge in [0.15, 0.2) is 0 Å². The van der Waals surface area contributed by atoms with Crippen molar-refractivity contribution in [2.24, 2.45) is 11.5 Å². The highest BCUT2D eigenvalue weighted by Gasteiger charge is 2.29. The Morgan fingerprint density at radius 2 is 1.47 bits per heavy atom. The number of nitrogens with one attached hydrogen (secondary N) is 4. The molecule has 1 heterocycles. The lowest BCUT2D eigenvalue weighted by atomic mass is 10.0. The average Bonchev–Trinajstić information content (AvgIpc) is 3.29. The van der Waals surface area contributed by atoms with Crippen LogP contribution in [0.1, 0.15) is 17.5 Å². The largest absolute Gasteiger partial charge is 0.480 e. The molecule has 0 radical (unpaired) electrons. The molecule has 0 spiro atoms. The Hall–Kier alpha value is -4.71. The number of primary amides is 1. The van der Waals surface area contributed by atoms with Crippen molar-refractivity contribution in [3.8, 4) is 0 Å². The van der Waals surface area contributed by atoms with Crippen molar-refractivity contribution in [2.75, 3.05) is 6.54 Å². The summed E-state index contributed by atoms with van der Waals surface area (Å²) in [7, 11) is 0. The maximum absolute atomic E-state index is 13.4. The molecule has 3 rings (SSSR count). The summed E-state index contributed by atoms with van der Waals surface area (Å²) in [4.78, 5) is 64.2. The van der Waals surface area contributed by atoms with Crippen LogP contribution in [0.3, 0.4) is 0 Å². The van der Waals surface area contributed by atoms with Crippen molar-refractivity contribution in [1.82, 2.24) is 20.9 Å². The summed E-state index contributed by atoms with van der Waals surface area (Å²) in [6, 6.07) is 12.7. The zero-order chi connectivity index (χ0) is 27.7. The maximum atomic E-state index is 13.4. The second-order valence-corrected chi connectivity index (χ2v) is 8.76. The second kappa shape index (κ2) is 13.0. The smallest absolute Gasteiger partial charge is 0.322 e. The van der Waals surface area contributed by atoms with Crippen molar-refractivity contribution in [1.29, 1.82) is 0 Å². The van der Waals surface area contributed by atoms with Gasteiger partial charge < -0.3 is 37.5 Å². The molecule has 12 nitrogen and oxygen atoms in total. The molecule has 200 valence electrons. The van der Waals surface area contributed by atoms with E-state index in [4.69, 9.17) is 16.6 Å². The third-order valence-corrected chi connectivity index (χ3v) is 5.82. The zero-order valence-corrected chi connectivity index (χ0v) is 20.5. The monoisotopic (exact) mass is 522 g/mol. The van der Waals surface area contributed by atoms with Gasteiger partial charge in [-0.2, -0.15) is 0 Å². The van der Waals surface area contributed by atoms with Gasteiger partial charge in [-0.05, 0) is 17.2 Å². The van der Waals surface area contributed by atoms with Gasteiger partial charge in [0.25, 0.3) is 0 Å². The number of carbonyl (C=O) groups is 5. The molecule has 2 aromatic carbocycles. The van der Waals surface area contributed by atoms with E-state index in [-0.39, 0.29) is 12.8 Å². The summed E-state index contributed by atoms with van der Waals surface area (Å²) < 4.78 is 0. The van der Waals surface area contributed by atoms with Crippen LogP contribution < -0.4 is 27.4 Å². The number of nitrogens with two attached hydrogens (primary N) is 2. The molecule has 0 bridgehead atoms. The van der Waals surface area contributed by atoms with Crippen molar-refractivity contribution in [3.05, 3.63) is 71.9 Å². The molecular weight excluding hydrogens is 492 g/mol. The van der Waals surface area contributed by atoms with Crippen molar-refractivity contribution in [3.63, 3.8) is 0 Å². The highest BCUT2D eigenvalue weighted by atomic mass is 16.4. The molecular formula is C26H30N6O6. The molecule has 12 heteroatoms. The Morgan fingerprint density at radius 3 is 2.16 bits per heavy atom. The number of rotatable bonds is 13. The Labute approximate surface area is 218 Å². The number of para-hydroxylation sites is 1. The number of aromatic amines is 1. The highest BCUT2D eigenvalue weighted by molar-refractivity contribution is 5.95. The number of fused-ring (bicyclic) bond motifs is 1. The minimum atomic E-state index is -1.26. The van der Waals surface area contributed by atoms with E-state index in [1.54, 1.807) is 36.5 Å². The van der Waals surface area contributed by atoms with Crippen LogP contribution in [0.5, 0.6) is 0 Å². The van der Waals surface area contributed by atoms with Crippen molar-refractivity contribution < 1.29 is 29.1 Å². The number of H-pyrrole nitrogens is 1. The SMILES string of the molecule is NC(=O)CC(N)C(=O)NC(Cc1ccccc1)C(=O)NC(Cc1c[nH]c2ccccc12)C(=O)NCC(=O)O. The van der Waals surface area contributed by atoms with Crippen LogP contribution in [-0.2, 0) is 36.8 Å². The first-order chi connectivity index (χ1) is 18.1. The van der Waals surface area contributed by atoms with E-state index in [1.807, 2.05) is 24.3 Å². The fourth-order valence-electron chi connectivity index (χ4n) is 3.94. The summed E-state index contributed by atoms with van der Waals surface area (Å²) in [6.07, 6.45) is 1.42. The topological polar surface area (TPSA) is 209 Å². The molecule has 38 heavy (non-hydrogen) atoms. The molecule has 0 saturated carbocycles. The summed E-state index contributed by atoms with van der Waals surface area (Å²) >= 11 is 0. The molecule has 0 aliphatic rings. The number of carboxylic acid groups (broad SMARTS) is 1. The van der Waals surface area contributed by atoms with Gasteiger partial charge in [0, 0.05) is 29.9 Å². The lowest BCUT2D eigenvalue weighted by molar-refractivity contribution is -0.138. The van der Waals surface area contributed by atoms with Crippen molar-refractivity contribution in [2.45, 2.75) is 37.4 Å². The number of carbonyl (C=O) groups excluding carboxylic acids is 4. The van der Waals surface area contributed by atoms with Gasteiger partial charge >= 0.3 is 5.97 Å². The standard InChI is InChI=1S/C26H30N6O6/c27-18(12-22(28)33)24(36)31-20(10-15-6-2-1-3-7-15)26(38)32-21(25(37)30-14-23(34)35)11-16-13-29-19-9-5-4-8-17(16)19/h1-9,13,18,20-21,29H,10-12,14,27H2,(H2,28,33)(H,30,37)(H,31,36)(H,32,38)(H,34,35). The normalized spacial score (nSPS) is 13.2. The van der Waals surface area contributed by atoms with Gasteiger partial charge in [0.2, 0.25) is 23.6 Å². The molecule has 1 aromatic heterocycles. The fourth-order valence-corrected chi connectivity index (χ4v) is 3.94. The first kappa shape index (κ1) is 27.9. The summed E-state index contributed by atoms with van der Waals surface area (Å²) in [6.45, 7) is -0.634. The second-order valence-electron chi connectivity index (χ2n) is 8.76. The van der Waals surface area contributed by atoms with Gasteiger partial charge in [-0.25, -0.2) is 0 Å². The van der Waals surface area contributed by atoms with E-state index < -0.39 is 60.7 Å². The first-order valence-corrected chi connectivity index (χ1v) is 11.9. The number of aliphatic carboxylic acids is 1. The van der Waals surface area contributed by atoms with Gasteiger partial charge in [0.1, 0.15) is 18.6 Å². The van der Waals surface area contributed by atoms with Gasteiger partial charge in [-0.1, -0.05) is 48.5 Å². The van der Waals surface area contributed by atoms with Gasteiger partial charge in [-0.3, -0.25) is 24.0 Å². The molecule has 0 fully saturated rings. The van der Waals surface area contributed by atoms with Gasteiger partial charge in [0.05, 0.1) is 12.5 Å². The number of carboxylic acids is 1. The molecule has 9 N–H and O–H groups in total. The van der Waals surface area contributed by atoms with Crippen LogP contribution in [-0.4, -0.2) is 64.4 Å². The lowest BCUT2D eigenvalue weighted by Crippen LogP contribution is -2.57. The summed E-state index contributed by atoms with van der Waals surface area (Å²) in [5.74, 6) is -4.17. The van der Waals surface area contributed by atoms with Crippen LogP contribution in [0.25, 0.3) is 10.9 Å². The van der Waals surface area contributed by atoms with Crippen LogP contribution in [0, 0.1) is 0 Å². The Morgan fingerprint density at radius 1 is 0.842 bits per heavy atom. The Balaban J connectivity index is 1.84. The summed E-state index contributed by atoms with van der Waals surface area (Å²) in [5.41, 5.74) is 13.2. The van der Waals surface area contributed by atoms with E-state index in [2.05, 4.69) is 20.9 Å². The number of hydrogen-bond donors (Lipinski definition) is 7. The molecule has 4 amide bonds. The van der Waals surface area contributed by atoms with E-state index in [0.29, 0.717) is 0 Å². The molecule has 0 aliphatic carbocycles. The predicted molar refractivity (Wildman–Crippen MR) is 138 cm³/mol. The lowest BCUT2D eigenvalue weighted by Gasteiger charge is -2.24. The van der Waals surface area contributed by atoms with Crippen LogP contribution >= 0.6 is 0 Å². The Kier molecular flexibility index (Phi) is 9.54. The van der Waals surface area contributed by atoms with Crippen LogP contribution in [0.4, 0.5) is 0 Å². The third-order valence-electron chi connectivity index (χ3n) is 5.82. The van der Waals surface area contributed by atoms with E-state index in [1.165, 1.54) is 0 Å². The molecule has 3 unspecified atom stereocenters. The van der Waals surface area contributed by atoms with E-state index in [0.717, 1.165) is 22.0 Å². The quantitative estimate of drug-likeness (QED) is 0.154.